The lowest BCUT2D eigenvalue weighted by molar-refractivity contribution is 0.0601. The Balaban J connectivity index is 2.90. The van der Waals surface area contributed by atoms with E-state index in [9.17, 15) is 13.5 Å². The van der Waals surface area contributed by atoms with Crippen molar-refractivity contribution in [1.82, 2.24) is 4.31 Å². The van der Waals surface area contributed by atoms with Gasteiger partial charge in [0.05, 0.1) is 11.4 Å². The van der Waals surface area contributed by atoms with Gasteiger partial charge in [0.15, 0.2) is 0 Å². The van der Waals surface area contributed by atoms with Gasteiger partial charge in [-0.15, -0.1) is 0 Å². The van der Waals surface area contributed by atoms with Crippen LogP contribution in [0.3, 0.4) is 0 Å². The van der Waals surface area contributed by atoms with E-state index in [1.54, 1.807) is 45.0 Å². The molecule has 1 aromatic rings. The molecule has 3 N–H and O–H groups in total. The van der Waals surface area contributed by atoms with Crippen molar-refractivity contribution >= 4 is 15.7 Å². The molecule has 19 heavy (non-hydrogen) atoms. The minimum atomic E-state index is -3.46. The molecule has 0 aliphatic rings. The summed E-state index contributed by atoms with van der Waals surface area (Å²) in [6.07, 6.45) is 0. The van der Waals surface area contributed by atoms with E-state index in [2.05, 4.69) is 0 Å². The van der Waals surface area contributed by atoms with E-state index < -0.39 is 15.6 Å². The summed E-state index contributed by atoms with van der Waals surface area (Å²) in [5.41, 5.74) is 5.77. The fourth-order valence-electron chi connectivity index (χ4n) is 1.82. The molecule has 0 spiro atoms. The molecule has 1 rings (SSSR count). The molecule has 0 fully saturated rings. The van der Waals surface area contributed by atoms with Crippen LogP contribution in [0.5, 0.6) is 0 Å². The molecule has 0 bridgehead atoms. The zero-order valence-corrected chi connectivity index (χ0v) is 12.4. The summed E-state index contributed by atoms with van der Waals surface area (Å²) in [5, 5.41) is 9.77. The van der Waals surface area contributed by atoms with Crippen LogP contribution in [0.25, 0.3) is 0 Å². The Labute approximate surface area is 115 Å². The Morgan fingerprint density at radius 1 is 1.37 bits per heavy atom. The summed E-state index contributed by atoms with van der Waals surface area (Å²) in [7, 11) is -3.46. The number of likely N-dealkylation sites (N-methyl/N-ethyl adjacent to an activating group) is 1. The fourth-order valence-corrected chi connectivity index (χ4v) is 3.51. The molecular weight excluding hydrogens is 264 g/mol. The lowest BCUT2D eigenvalue weighted by Crippen LogP contribution is -2.42. The van der Waals surface area contributed by atoms with E-state index in [-0.39, 0.29) is 12.3 Å². The summed E-state index contributed by atoms with van der Waals surface area (Å²) < 4.78 is 25.9. The van der Waals surface area contributed by atoms with Gasteiger partial charge in [0, 0.05) is 18.8 Å². The Morgan fingerprint density at radius 2 is 2.00 bits per heavy atom. The molecule has 0 amide bonds. The number of hydrogen-bond donors (Lipinski definition) is 2. The van der Waals surface area contributed by atoms with Gasteiger partial charge in [-0.05, 0) is 31.5 Å². The highest BCUT2D eigenvalue weighted by Gasteiger charge is 2.26. The highest BCUT2D eigenvalue weighted by Crippen LogP contribution is 2.16. The van der Waals surface area contributed by atoms with E-state index in [1.807, 2.05) is 0 Å². The number of benzene rings is 1. The summed E-state index contributed by atoms with van der Waals surface area (Å²) in [6.45, 7) is 5.34. The maximum atomic E-state index is 12.3. The third kappa shape index (κ3) is 5.18. The topological polar surface area (TPSA) is 83.6 Å². The molecule has 0 saturated carbocycles. The number of aliphatic hydroxyl groups is 1. The molecule has 0 aliphatic carbocycles. The predicted octanol–water partition coefficient (Wildman–Crippen LogP) is 1.19. The number of nitrogens with two attached hydrogens (primary N) is 1. The highest BCUT2D eigenvalue weighted by atomic mass is 32.2. The molecule has 0 unspecified atom stereocenters. The minimum Gasteiger partial charge on any atom is -0.399 e. The predicted molar refractivity (Wildman–Crippen MR) is 77.0 cm³/mol. The first-order valence-electron chi connectivity index (χ1n) is 6.18. The maximum absolute atomic E-state index is 12.3. The maximum Gasteiger partial charge on any atom is 0.218 e. The van der Waals surface area contributed by atoms with Gasteiger partial charge in [-0.3, -0.25) is 0 Å². The first kappa shape index (κ1) is 15.9. The van der Waals surface area contributed by atoms with Gasteiger partial charge >= 0.3 is 0 Å². The lowest BCUT2D eigenvalue weighted by Gasteiger charge is -2.27. The van der Waals surface area contributed by atoms with Gasteiger partial charge in [-0.2, -0.15) is 4.31 Å². The number of sulfonamides is 1. The summed E-state index contributed by atoms with van der Waals surface area (Å²) in [5.74, 6) is -0.109. The second kappa shape index (κ2) is 5.90. The summed E-state index contributed by atoms with van der Waals surface area (Å²) in [4.78, 5) is 0. The van der Waals surface area contributed by atoms with Crippen molar-refractivity contribution in [2.45, 2.75) is 32.1 Å². The molecule has 0 saturated heterocycles. The largest absolute Gasteiger partial charge is 0.399 e. The monoisotopic (exact) mass is 286 g/mol. The van der Waals surface area contributed by atoms with Gasteiger partial charge in [-0.1, -0.05) is 19.1 Å². The first-order chi connectivity index (χ1) is 8.64. The number of nitrogen functional groups attached to an aromatic ring is 1. The van der Waals surface area contributed by atoms with Crippen molar-refractivity contribution in [2.75, 3.05) is 18.8 Å². The fraction of sp³-hybridized carbons (Fsp3) is 0.538. The number of rotatable bonds is 6. The molecule has 6 heteroatoms. The van der Waals surface area contributed by atoms with E-state index in [0.717, 1.165) is 0 Å². The lowest BCUT2D eigenvalue weighted by atomic mass is 10.1. The van der Waals surface area contributed by atoms with Crippen LogP contribution in [-0.4, -0.2) is 36.5 Å². The van der Waals surface area contributed by atoms with Crippen LogP contribution in [0.15, 0.2) is 24.3 Å². The Hall–Kier alpha value is -1.11. The summed E-state index contributed by atoms with van der Waals surface area (Å²) >= 11 is 0. The van der Waals surface area contributed by atoms with Gasteiger partial charge in [0.2, 0.25) is 10.0 Å². The second-order valence-electron chi connectivity index (χ2n) is 5.24. The van der Waals surface area contributed by atoms with Crippen LogP contribution in [0.1, 0.15) is 26.3 Å². The molecular formula is C13H22N2O3S. The zero-order chi connectivity index (χ0) is 14.7. The van der Waals surface area contributed by atoms with Crippen LogP contribution >= 0.6 is 0 Å². The first-order valence-corrected chi connectivity index (χ1v) is 7.79. The number of nitrogens with zero attached hydrogens (tertiary/aromatic N) is 1. The van der Waals surface area contributed by atoms with E-state index in [0.29, 0.717) is 17.8 Å². The third-order valence-corrected chi connectivity index (χ3v) is 4.48. The Bertz CT molecular complexity index is 521. The van der Waals surface area contributed by atoms with Crippen molar-refractivity contribution in [1.29, 1.82) is 0 Å². The SMILES string of the molecule is CCN(CC(C)(C)O)S(=O)(=O)Cc1cccc(N)c1. The molecule has 108 valence electrons. The standard InChI is InChI=1S/C13H22N2O3S/c1-4-15(10-13(2,3)16)19(17,18)9-11-6-5-7-12(14)8-11/h5-8,16H,4,9-10,14H2,1-3H3. The van der Waals surface area contributed by atoms with E-state index in [4.69, 9.17) is 5.73 Å². The molecule has 0 heterocycles. The quantitative estimate of drug-likeness (QED) is 0.769. The van der Waals surface area contributed by atoms with Gasteiger partial charge in [-0.25, -0.2) is 8.42 Å². The minimum absolute atomic E-state index is 0.0775. The number of hydrogen-bond acceptors (Lipinski definition) is 4. The van der Waals surface area contributed by atoms with Crippen LogP contribution < -0.4 is 5.73 Å². The van der Waals surface area contributed by atoms with Crippen LogP contribution in [0.4, 0.5) is 5.69 Å². The van der Waals surface area contributed by atoms with Gasteiger partial charge in [0.1, 0.15) is 0 Å². The van der Waals surface area contributed by atoms with Crippen LogP contribution in [-0.2, 0) is 15.8 Å². The van der Waals surface area contributed by atoms with Gasteiger partial charge in [0.25, 0.3) is 0 Å². The van der Waals surface area contributed by atoms with E-state index in [1.165, 1.54) is 4.31 Å². The number of anilines is 1. The van der Waals surface area contributed by atoms with Crippen molar-refractivity contribution < 1.29 is 13.5 Å². The molecule has 0 atom stereocenters. The van der Waals surface area contributed by atoms with Crippen molar-refractivity contribution in [3.05, 3.63) is 29.8 Å². The Morgan fingerprint density at radius 3 is 2.47 bits per heavy atom. The normalized spacial score (nSPS) is 12.9. The van der Waals surface area contributed by atoms with Crippen molar-refractivity contribution in [2.24, 2.45) is 0 Å². The average Bonchev–Trinajstić information content (AvgIpc) is 2.23. The third-order valence-electron chi connectivity index (χ3n) is 2.61. The molecule has 1 aromatic carbocycles. The smallest absolute Gasteiger partial charge is 0.218 e. The van der Waals surface area contributed by atoms with Crippen LogP contribution in [0.2, 0.25) is 0 Å². The molecule has 5 nitrogen and oxygen atoms in total. The second-order valence-corrected chi connectivity index (χ2v) is 7.21. The van der Waals surface area contributed by atoms with Crippen molar-refractivity contribution in [3.8, 4) is 0 Å². The highest BCUT2D eigenvalue weighted by molar-refractivity contribution is 7.88. The van der Waals surface area contributed by atoms with E-state index >= 15 is 0 Å². The van der Waals surface area contributed by atoms with Crippen molar-refractivity contribution in [3.63, 3.8) is 0 Å². The zero-order valence-electron chi connectivity index (χ0n) is 11.6. The molecule has 0 aliphatic heterocycles. The van der Waals surface area contributed by atoms with Crippen LogP contribution in [0, 0.1) is 0 Å². The molecule has 0 aromatic heterocycles. The van der Waals surface area contributed by atoms with Gasteiger partial charge < -0.3 is 10.8 Å². The average molecular weight is 286 g/mol. The molecule has 0 radical (unpaired) electrons. The Kier molecular flexibility index (Phi) is 4.95. The summed E-state index contributed by atoms with van der Waals surface area (Å²) in [6, 6.07) is 6.82.